The second-order valence-electron chi connectivity index (χ2n) is 9.17. The Labute approximate surface area is 224 Å². The van der Waals surface area contributed by atoms with Crippen LogP contribution in [0.2, 0.25) is 0 Å². The Morgan fingerprint density at radius 2 is 1.87 bits per heavy atom. The zero-order chi connectivity index (χ0) is 26.7. The van der Waals surface area contributed by atoms with Gasteiger partial charge in [-0.15, -0.1) is 0 Å². The molecule has 0 saturated heterocycles. The fraction of sp³-hybridized carbons (Fsp3) is 0.115. The summed E-state index contributed by atoms with van der Waals surface area (Å²) in [5.74, 6) is -0.214. The van der Waals surface area contributed by atoms with Gasteiger partial charge >= 0.3 is 0 Å². The molecule has 7 rings (SSSR count). The summed E-state index contributed by atoms with van der Waals surface area (Å²) in [7, 11) is -1.71. The van der Waals surface area contributed by atoms with E-state index in [4.69, 9.17) is 4.98 Å². The molecule has 2 aromatic carbocycles. The van der Waals surface area contributed by atoms with Gasteiger partial charge in [0, 0.05) is 24.0 Å². The SMILES string of the molecule is Cn1c2nc(-n3cnc(CS(=O)(=O)c4ccccc4)c3)sc2c2cnn(Cc3cccc4[nH]ncc34)c(=O)c21. The molecule has 0 aliphatic rings. The lowest BCUT2D eigenvalue weighted by molar-refractivity contribution is 0.594. The molecule has 0 spiro atoms. The molecule has 11 nitrogen and oxygen atoms in total. The topological polar surface area (TPSA) is 133 Å². The minimum atomic E-state index is -3.52. The van der Waals surface area contributed by atoms with Crippen LogP contribution in [0.4, 0.5) is 0 Å². The van der Waals surface area contributed by atoms with Gasteiger partial charge in [-0.05, 0) is 23.8 Å². The third-order valence-electron chi connectivity index (χ3n) is 6.71. The number of fused-ring (bicyclic) bond motifs is 4. The predicted octanol–water partition coefficient (Wildman–Crippen LogP) is 3.43. The maximum atomic E-state index is 13.5. The van der Waals surface area contributed by atoms with Crippen molar-refractivity contribution >= 4 is 53.3 Å². The van der Waals surface area contributed by atoms with Gasteiger partial charge in [0.1, 0.15) is 11.8 Å². The molecule has 0 aliphatic heterocycles. The van der Waals surface area contributed by atoms with Crippen molar-refractivity contribution in [3.05, 3.63) is 95.1 Å². The van der Waals surface area contributed by atoms with E-state index in [2.05, 4.69) is 20.3 Å². The van der Waals surface area contributed by atoms with Crippen LogP contribution in [0.25, 0.3) is 37.3 Å². The minimum Gasteiger partial charge on any atom is -0.323 e. The number of hydrogen-bond donors (Lipinski definition) is 1. The summed E-state index contributed by atoms with van der Waals surface area (Å²) in [6, 6.07) is 14.1. The van der Waals surface area contributed by atoms with E-state index < -0.39 is 9.84 Å². The first-order valence-corrected chi connectivity index (χ1v) is 14.4. The Hall–Kier alpha value is -4.62. The lowest BCUT2D eigenvalue weighted by Crippen LogP contribution is -2.24. The number of rotatable bonds is 6. The second-order valence-corrected chi connectivity index (χ2v) is 12.1. The van der Waals surface area contributed by atoms with Crippen LogP contribution < -0.4 is 5.56 Å². The van der Waals surface area contributed by atoms with Gasteiger partial charge in [-0.25, -0.2) is 23.1 Å². The summed E-state index contributed by atoms with van der Waals surface area (Å²) >= 11 is 1.39. The van der Waals surface area contributed by atoms with Crippen molar-refractivity contribution in [3.63, 3.8) is 0 Å². The van der Waals surface area contributed by atoms with Crippen LogP contribution in [-0.4, -0.2) is 47.5 Å². The van der Waals surface area contributed by atoms with E-state index >= 15 is 0 Å². The van der Waals surface area contributed by atoms with Gasteiger partial charge in [0.25, 0.3) is 5.56 Å². The Bertz CT molecular complexity index is 2190. The van der Waals surface area contributed by atoms with Crippen molar-refractivity contribution in [2.75, 3.05) is 0 Å². The fourth-order valence-corrected chi connectivity index (χ4v) is 7.11. The van der Waals surface area contributed by atoms with Crippen LogP contribution in [-0.2, 0) is 29.2 Å². The third-order valence-corrected chi connectivity index (χ3v) is 9.46. The Balaban J connectivity index is 1.23. The van der Waals surface area contributed by atoms with E-state index in [-0.39, 0.29) is 16.2 Å². The largest absolute Gasteiger partial charge is 0.323 e. The van der Waals surface area contributed by atoms with E-state index in [0.29, 0.717) is 33.9 Å². The van der Waals surface area contributed by atoms with Crippen LogP contribution in [0.15, 0.2) is 83.1 Å². The molecule has 0 atom stereocenters. The summed E-state index contributed by atoms with van der Waals surface area (Å²) < 4.78 is 31.3. The quantitative estimate of drug-likeness (QED) is 0.332. The number of aromatic nitrogens is 8. The molecule has 0 amide bonds. The van der Waals surface area contributed by atoms with Gasteiger partial charge in [-0.3, -0.25) is 14.5 Å². The molecular weight excluding hydrogens is 536 g/mol. The van der Waals surface area contributed by atoms with Crippen molar-refractivity contribution in [3.8, 4) is 5.13 Å². The lowest BCUT2D eigenvalue weighted by Gasteiger charge is -2.07. The Morgan fingerprint density at radius 3 is 2.72 bits per heavy atom. The number of H-pyrrole nitrogens is 1. The van der Waals surface area contributed by atoms with Gasteiger partial charge in [-0.2, -0.15) is 10.2 Å². The maximum absolute atomic E-state index is 13.5. The molecule has 0 bridgehead atoms. The predicted molar refractivity (Wildman–Crippen MR) is 148 cm³/mol. The van der Waals surface area contributed by atoms with Crippen LogP contribution in [0.5, 0.6) is 0 Å². The molecule has 7 aromatic rings. The Kier molecular flexibility index (Phi) is 5.25. The molecule has 39 heavy (non-hydrogen) atoms. The molecule has 13 heteroatoms. The van der Waals surface area contributed by atoms with Crippen LogP contribution >= 0.6 is 11.3 Å². The number of aromatic amines is 1. The molecule has 0 fully saturated rings. The van der Waals surface area contributed by atoms with Crippen molar-refractivity contribution in [1.29, 1.82) is 0 Å². The smallest absolute Gasteiger partial charge is 0.291 e. The van der Waals surface area contributed by atoms with E-state index in [1.165, 1.54) is 16.0 Å². The molecule has 0 radical (unpaired) electrons. The second kappa shape index (κ2) is 8.71. The maximum Gasteiger partial charge on any atom is 0.291 e. The van der Waals surface area contributed by atoms with E-state index in [1.807, 2.05) is 25.2 Å². The summed E-state index contributed by atoms with van der Waals surface area (Å²) in [4.78, 5) is 22.8. The summed E-state index contributed by atoms with van der Waals surface area (Å²) in [6.45, 7) is 0.312. The molecular formula is C26H20N8O3S2. The van der Waals surface area contributed by atoms with E-state index in [1.54, 1.807) is 64.4 Å². The molecule has 0 unspecified atom stereocenters. The van der Waals surface area contributed by atoms with Crippen LogP contribution in [0.1, 0.15) is 11.3 Å². The first-order valence-electron chi connectivity index (χ1n) is 12.0. The normalized spacial score (nSPS) is 12.2. The Morgan fingerprint density at radius 1 is 1.03 bits per heavy atom. The van der Waals surface area contributed by atoms with Crippen LogP contribution in [0.3, 0.4) is 0 Å². The number of benzene rings is 2. The number of nitrogens with zero attached hydrogens (tertiary/aromatic N) is 7. The third kappa shape index (κ3) is 3.85. The van der Waals surface area contributed by atoms with Crippen molar-refractivity contribution in [1.82, 2.24) is 39.1 Å². The number of nitrogens with one attached hydrogen (secondary N) is 1. The van der Waals surface area contributed by atoms with Gasteiger partial charge in [-0.1, -0.05) is 41.7 Å². The first kappa shape index (κ1) is 23.5. The van der Waals surface area contributed by atoms with Crippen LogP contribution in [0, 0.1) is 0 Å². The molecule has 0 aliphatic carbocycles. The summed E-state index contributed by atoms with van der Waals surface area (Å²) in [5, 5.41) is 13.8. The summed E-state index contributed by atoms with van der Waals surface area (Å²) in [6.07, 6.45) is 6.67. The monoisotopic (exact) mass is 556 g/mol. The summed E-state index contributed by atoms with van der Waals surface area (Å²) in [5.41, 5.74) is 3.21. The number of sulfone groups is 1. The fourth-order valence-electron chi connectivity index (χ4n) is 4.78. The average molecular weight is 557 g/mol. The highest BCUT2D eigenvalue weighted by Gasteiger charge is 2.21. The minimum absolute atomic E-state index is 0.210. The highest BCUT2D eigenvalue weighted by molar-refractivity contribution is 7.90. The van der Waals surface area contributed by atoms with Crippen molar-refractivity contribution < 1.29 is 8.42 Å². The number of imidazole rings is 1. The number of hydrogen-bond acceptors (Lipinski definition) is 8. The van der Waals surface area contributed by atoms with Crippen molar-refractivity contribution in [2.45, 2.75) is 17.2 Å². The lowest BCUT2D eigenvalue weighted by atomic mass is 10.1. The highest BCUT2D eigenvalue weighted by atomic mass is 32.2. The van der Waals surface area contributed by atoms with Gasteiger partial charge in [0.15, 0.2) is 20.6 Å². The average Bonchev–Trinajstić information content (AvgIpc) is 3.72. The zero-order valence-electron chi connectivity index (χ0n) is 20.5. The highest BCUT2D eigenvalue weighted by Crippen LogP contribution is 2.32. The molecule has 1 N–H and O–H groups in total. The van der Waals surface area contributed by atoms with E-state index in [0.717, 1.165) is 21.2 Å². The van der Waals surface area contributed by atoms with Crippen molar-refractivity contribution in [2.24, 2.45) is 7.05 Å². The zero-order valence-corrected chi connectivity index (χ0v) is 22.1. The standard InChI is InChI=1S/C26H20N8O3S2/c1-32-22-20(11-29-34(25(22)35)12-16-6-5-9-21-19(16)10-28-31-21)23-24(32)30-26(38-23)33-13-17(27-15-33)14-39(36,37)18-7-3-2-4-8-18/h2-11,13,15H,12,14H2,1H3,(H,28,31). The number of thiazole rings is 1. The first-order chi connectivity index (χ1) is 18.9. The molecule has 194 valence electrons. The van der Waals surface area contributed by atoms with Gasteiger partial charge in [0.05, 0.1) is 45.5 Å². The van der Waals surface area contributed by atoms with E-state index in [9.17, 15) is 13.2 Å². The molecule has 0 saturated carbocycles. The molecule has 5 heterocycles. The molecule has 5 aromatic heterocycles. The van der Waals surface area contributed by atoms with Gasteiger partial charge < -0.3 is 4.57 Å². The number of aryl methyl sites for hydroxylation is 1. The van der Waals surface area contributed by atoms with Gasteiger partial charge in [0.2, 0.25) is 0 Å².